The van der Waals surface area contributed by atoms with Crippen LogP contribution in [-0.4, -0.2) is 56.9 Å². The second kappa shape index (κ2) is 8.62. The molecule has 1 aromatic carbocycles. The van der Waals surface area contributed by atoms with Gasteiger partial charge in [-0.15, -0.1) is 0 Å². The van der Waals surface area contributed by atoms with Gasteiger partial charge in [0.2, 0.25) is 0 Å². The summed E-state index contributed by atoms with van der Waals surface area (Å²) in [5.41, 5.74) is 0. The Hall–Kier alpha value is -0.620. The topological polar surface area (TPSA) is 33.7 Å². The maximum Gasteiger partial charge on any atom is 0.120 e. The minimum atomic E-state index is 0.301. The molecule has 20 heavy (non-hydrogen) atoms. The number of morpholine rings is 1. The van der Waals surface area contributed by atoms with Gasteiger partial charge in [-0.2, -0.15) is 0 Å². The fourth-order valence-corrected chi connectivity index (χ4v) is 2.63. The lowest BCUT2D eigenvalue weighted by molar-refractivity contribution is -0.0253. The zero-order chi connectivity index (χ0) is 14.2. The quantitative estimate of drug-likeness (QED) is 0.769. The van der Waals surface area contributed by atoms with Crippen LogP contribution in [0.15, 0.2) is 28.7 Å². The number of hydrogen-bond donors (Lipinski definition) is 1. The maximum atomic E-state index is 5.74. The minimum Gasteiger partial charge on any atom is -0.492 e. The van der Waals surface area contributed by atoms with Crippen molar-refractivity contribution in [1.82, 2.24) is 10.2 Å². The molecule has 0 radical (unpaired) electrons. The molecule has 4 nitrogen and oxygen atoms in total. The van der Waals surface area contributed by atoms with Crippen molar-refractivity contribution < 1.29 is 9.47 Å². The molecule has 0 amide bonds. The highest BCUT2D eigenvalue weighted by atomic mass is 79.9. The Morgan fingerprint density at radius 3 is 3.20 bits per heavy atom. The zero-order valence-electron chi connectivity index (χ0n) is 12.0. The summed E-state index contributed by atoms with van der Waals surface area (Å²) >= 11 is 3.43. The summed E-state index contributed by atoms with van der Waals surface area (Å²) in [4.78, 5) is 2.42. The van der Waals surface area contributed by atoms with E-state index in [-0.39, 0.29) is 0 Å². The number of likely N-dealkylation sites (N-methyl/N-ethyl adjacent to an activating group) is 1. The van der Waals surface area contributed by atoms with E-state index in [9.17, 15) is 0 Å². The molecule has 2 rings (SSSR count). The number of hydrogen-bond acceptors (Lipinski definition) is 4. The number of nitrogens with zero attached hydrogens (tertiary/aromatic N) is 1. The zero-order valence-corrected chi connectivity index (χ0v) is 13.6. The van der Waals surface area contributed by atoms with Crippen LogP contribution in [0.25, 0.3) is 0 Å². The van der Waals surface area contributed by atoms with Crippen LogP contribution < -0.4 is 10.1 Å². The van der Waals surface area contributed by atoms with E-state index in [1.165, 1.54) is 0 Å². The standard InChI is InChI=1S/C15H23BrN2O2/c1-2-18-7-9-20-15(12-18)11-17-6-8-19-14-5-3-4-13(16)10-14/h3-5,10,15,17H,2,6-9,11-12H2,1H3. The molecule has 0 bridgehead atoms. The number of rotatable bonds is 7. The van der Waals surface area contributed by atoms with E-state index in [1.54, 1.807) is 0 Å². The molecule has 1 atom stereocenters. The van der Waals surface area contributed by atoms with Gasteiger partial charge in [-0.05, 0) is 24.7 Å². The SMILES string of the molecule is CCN1CCOC(CNCCOc2cccc(Br)c2)C1. The molecule has 112 valence electrons. The third-order valence-corrected chi connectivity index (χ3v) is 3.88. The third-order valence-electron chi connectivity index (χ3n) is 3.39. The summed E-state index contributed by atoms with van der Waals surface area (Å²) < 4.78 is 12.5. The van der Waals surface area contributed by atoms with Crippen LogP contribution in [0.2, 0.25) is 0 Å². The van der Waals surface area contributed by atoms with Crippen molar-refractivity contribution in [1.29, 1.82) is 0 Å². The highest BCUT2D eigenvalue weighted by Gasteiger charge is 2.18. The largest absolute Gasteiger partial charge is 0.492 e. The summed E-state index contributed by atoms with van der Waals surface area (Å²) in [6.45, 7) is 8.61. The van der Waals surface area contributed by atoms with Gasteiger partial charge in [0.05, 0.1) is 12.7 Å². The lowest BCUT2D eigenvalue weighted by atomic mass is 10.2. The first kappa shape index (κ1) is 15.8. The molecule has 1 unspecified atom stereocenters. The molecule has 1 aliphatic heterocycles. The van der Waals surface area contributed by atoms with Crippen molar-refractivity contribution in [2.45, 2.75) is 13.0 Å². The van der Waals surface area contributed by atoms with Gasteiger partial charge >= 0.3 is 0 Å². The Balaban J connectivity index is 1.57. The predicted molar refractivity (Wildman–Crippen MR) is 84.4 cm³/mol. The maximum absolute atomic E-state index is 5.74. The van der Waals surface area contributed by atoms with Gasteiger partial charge in [-0.25, -0.2) is 0 Å². The van der Waals surface area contributed by atoms with E-state index >= 15 is 0 Å². The highest BCUT2D eigenvalue weighted by Crippen LogP contribution is 2.17. The Kier molecular flexibility index (Phi) is 6.79. The molecule has 0 saturated carbocycles. The van der Waals surface area contributed by atoms with E-state index in [4.69, 9.17) is 9.47 Å². The normalized spacial score (nSPS) is 20.0. The third kappa shape index (κ3) is 5.40. The van der Waals surface area contributed by atoms with Crippen molar-refractivity contribution in [2.75, 3.05) is 45.9 Å². The molecular weight excluding hydrogens is 320 g/mol. The summed E-state index contributed by atoms with van der Waals surface area (Å²) in [6.07, 6.45) is 0.301. The number of benzene rings is 1. The molecule has 1 heterocycles. The van der Waals surface area contributed by atoms with Crippen LogP contribution in [0.4, 0.5) is 0 Å². The van der Waals surface area contributed by atoms with E-state index < -0.39 is 0 Å². The second-order valence-corrected chi connectivity index (χ2v) is 5.81. The lowest BCUT2D eigenvalue weighted by Gasteiger charge is -2.32. The van der Waals surface area contributed by atoms with Gasteiger partial charge in [0, 0.05) is 30.7 Å². The van der Waals surface area contributed by atoms with E-state index in [1.807, 2.05) is 24.3 Å². The smallest absolute Gasteiger partial charge is 0.120 e. The molecule has 0 spiro atoms. The monoisotopic (exact) mass is 342 g/mol. The van der Waals surface area contributed by atoms with Crippen LogP contribution in [0.3, 0.4) is 0 Å². The molecule has 1 N–H and O–H groups in total. The molecule has 1 aliphatic rings. The molecule has 0 aromatic heterocycles. The van der Waals surface area contributed by atoms with E-state index in [0.29, 0.717) is 12.7 Å². The molecule has 1 aromatic rings. The second-order valence-electron chi connectivity index (χ2n) is 4.90. The van der Waals surface area contributed by atoms with Crippen molar-refractivity contribution in [3.63, 3.8) is 0 Å². The first-order valence-corrected chi connectivity index (χ1v) is 8.00. The van der Waals surface area contributed by atoms with Gasteiger partial charge in [0.1, 0.15) is 12.4 Å². The van der Waals surface area contributed by atoms with Crippen LogP contribution in [-0.2, 0) is 4.74 Å². The van der Waals surface area contributed by atoms with Gasteiger partial charge in [-0.3, -0.25) is 4.90 Å². The molecule has 1 saturated heterocycles. The summed E-state index contributed by atoms with van der Waals surface area (Å²) in [6, 6.07) is 7.91. The summed E-state index contributed by atoms with van der Waals surface area (Å²) in [5, 5.41) is 3.40. The summed E-state index contributed by atoms with van der Waals surface area (Å²) in [5.74, 6) is 0.896. The van der Waals surface area contributed by atoms with Gasteiger partial charge in [0.15, 0.2) is 0 Å². The first-order chi connectivity index (χ1) is 9.78. The fourth-order valence-electron chi connectivity index (χ4n) is 2.25. The Morgan fingerprint density at radius 2 is 2.40 bits per heavy atom. The highest BCUT2D eigenvalue weighted by molar-refractivity contribution is 9.10. The van der Waals surface area contributed by atoms with Gasteiger partial charge < -0.3 is 14.8 Å². The Labute approximate surface area is 129 Å². The first-order valence-electron chi connectivity index (χ1n) is 7.21. The van der Waals surface area contributed by atoms with Gasteiger partial charge in [-0.1, -0.05) is 28.9 Å². The van der Waals surface area contributed by atoms with Crippen molar-refractivity contribution in [2.24, 2.45) is 0 Å². The predicted octanol–water partition coefficient (Wildman–Crippen LogP) is 2.14. The summed E-state index contributed by atoms with van der Waals surface area (Å²) in [7, 11) is 0. The Bertz CT molecular complexity index is 403. The molecule has 5 heteroatoms. The fraction of sp³-hybridized carbons (Fsp3) is 0.600. The van der Waals surface area contributed by atoms with Crippen LogP contribution in [0, 0.1) is 0 Å². The lowest BCUT2D eigenvalue weighted by Crippen LogP contribution is -2.46. The van der Waals surface area contributed by atoms with Crippen molar-refractivity contribution in [3.8, 4) is 5.75 Å². The minimum absolute atomic E-state index is 0.301. The average Bonchev–Trinajstić information content (AvgIpc) is 2.47. The number of halogens is 1. The van der Waals surface area contributed by atoms with Crippen molar-refractivity contribution >= 4 is 15.9 Å². The number of ether oxygens (including phenoxy) is 2. The van der Waals surface area contributed by atoms with Crippen LogP contribution in [0.5, 0.6) is 5.75 Å². The van der Waals surface area contributed by atoms with Crippen LogP contribution >= 0.6 is 15.9 Å². The molecular formula is C15H23BrN2O2. The average molecular weight is 343 g/mol. The van der Waals surface area contributed by atoms with Crippen molar-refractivity contribution in [3.05, 3.63) is 28.7 Å². The Morgan fingerprint density at radius 1 is 1.50 bits per heavy atom. The van der Waals surface area contributed by atoms with Crippen LogP contribution in [0.1, 0.15) is 6.92 Å². The molecule has 1 fully saturated rings. The van der Waals surface area contributed by atoms with E-state index in [2.05, 4.69) is 33.1 Å². The molecule has 0 aliphatic carbocycles. The number of nitrogens with one attached hydrogen (secondary N) is 1. The van der Waals surface area contributed by atoms with E-state index in [0.717, 1.165) is 49.6 Å². The van der Waals surface area contributed by atoms with Gasteiger partial charge in [0.25, 0.3) is 0 Å².